The van der Waals surface area contributed by atoms with E-state index < -0.39 is 0 Å². The molecule has 1 heterocycles. The Morgan fingerprint density at radius 3 is 2.65 bits per heavy atom. The van der Waals surface area contributed by atoms with Crippen LogP contribution in [0.2, 0.25) is 0 Å². The van der Waals surface area contributed by atoms with E-state index in [0.717, 1.165) is 16.5 Å². The lowest BCUT2D eigenvalue weighted by atomic mass is 10.1. The first kappa shape index (κ1) is 12.5. The van der Waals surface area contributed by atoms with Crippen molar-refractivity contribution in [3.63, 3.8) is 0 Å². The Labute approximate surface area is 116 Å². The molecule has 0 spiro atoms. The van der Waals surface area contributed by atoms with Crippen LogP contribution in [-0.4, -0.2) is 17.0 Å². The molecule has 0 radical (unpaired) electrons. The standard InChI is InChI=1S/C16H14FN3/c1-10-7-8-13(17)12(9-10)16-19-14-6-4-3-5-11(14)15(18-2)20-16/h3-9H,1-2H3,(H,18,19,20). The molecule has 0 aliphatic rings. The number of aryl methyl sites for hydroxylation is 1. The number of nitrogens with zero attached hydrogens (tertiary/aromatic N) is 2. The highest BCUT2D eigenvalue weighted by molar-refractivity contribution is 5.90. The van der Waals surface area contributed by atoms with Gasteiger partial charge in [0.05, 0.1) is 11.1 Å². The molecule has 100 valence electrons. The summed E-state index contributed by atoms with van der Waals surface area (Å²) in [6, 6.07) is 12.6. The number of halogens is 1. The summed E-state index contributed by atoms with van der Waals surface area (Å²) >= 11 is 0. The zero-order valence-electron chi connectivity index (χ0n) is 11.3. The molecule has 0 fully saturated rings. The van der Waals surface area contributed by atoms with Crippen LogP contribution >= 0.6 is 0 Å². The minimum atomic E-state index is -0.312. The van der Waals surface area contributed by atoms with E-state index in [0.29, 0.717) is 17.2 Å². The van der Waals surface area contributed by atoms with E-state index in [-0.39, 0.29) is 5.82 Å². The molecule has 20 heavy (non-hydrogen) atoms. The van der Waals surface area contributed by atoms with Crippen molar-refractivity contribution < 1.29 is 4.39 Å². The van der Waals surface area contributed by atoms with Gasteiger partial charge in [-0.05, 0) is 31.2 Å². The zero-order valence-corrected chi connectivity index (χ0v) is 11.3. The lowest BCUT2D eigenvalue weighted by Gasteiger charge is -2.09. The molecule has 0 atom stereocenters. The Morgan fingerprint density at radius 1 is 1.05 bits per heavy atom. The van der Waals surface area contributed by atoms with Crippen LogP contribution in [0.3, 0.4) is 0 Å². The van der Waals surface area contributed by atoms with Crippen molar-refractivity contribution in [3.8, 4) is 11.4 Å². The van der Waals surface area contributed by atoms with Crippen LogP contribution in [0, 0.1) is 12.7 Å². The molecule has 3 aromatic rings. The summed E-state index contributed by atoms with van der Waals surface area (Å²) in [6.45, 7) is 1.92. The smallest absolute Gasteiger partial charge is 0.165 e. The predicted molar refractivity (Wildman–Crippen MR) is 79.2 cm³/mol. The number of para-hydroxylation sites is 1. The van der Waals surface area contributed by atoms with Crippen LogP contribution in [0.1, 0.15) is 5.56 Å². The summed E-state index contributed by atoms with van der Waals surface area (Å²) in [6.07, 6.45) is 0. The maximum Gasteiger partial charge on any atom is 0.165 e. The monoisotopic (exact) mass is 267 g/mol. The normalized spacial score (nSPS) is 10.8. The average molecular weight is 267 g/mol. The molecular weight excluding hydrogens is 253 g/mol. The van der Waals surface area contributed by atoms with Crippen LogP contribution in [0.4, 0.5) is 10.2 Å². The number of hydrogen-bond donors (Lipinski definition) is 1. The largest absolute Gasteiger partial charge is 0.373 e. The number of aromatic nitrogens is 2. The van der Waals surface area contributed by atoms with Crippen molar-refractivity contribution in [2.75, 3.05) is 12.4 Å². The van der Waals surface area contributed by atoms with Gasteiger partial charge >= 0.3 is 0 Å². The molecule has 0 unspecified atom stereocenters. The van der Waals surface area contributed by atoms with Gasteiger partial charge in [-0.25, -0.2) is 14.4 Å². The van der Waals surface area contributed by atoms with Gasteiger partial charge in [-0.3, -0.25) is 0 Å². The maximum atomic E-state index is 14.0. The number of fused-ring (bicyclic) bond motifs is 1. The Kier molecular flexibility index (Phi) is 3.06. The van der Waals surface area contributed by atoms with Gasteiger partial charge in [0, 0.05) is 12.4 Å². The van der Waals surface area contributed by atoms with Gasteiger partial charge in [0.25, 0.3) is 0 Å². The molecule has 3 rings (SSSR count). The van der Waals surface area contributed by atoms with Gasteiger partial charge in [0.2, 0.25) is 0 Å². The second-order valence-electron chi connectivity index (χ2n) is 4.65. The lowest BCUT2D eigenvalue weighted by Crippen LogP contribution is -2.00. The van der Waals surface area contributed by atoms with Crippen LogP contribution < -0.4 is 5.32 Å². The predicted octanol–water partition coefficient (Wildman–Crippen LogP) is 3.79. The van der Waals surface area contributed by atoms with Crippen LogP contribution in [0.15, 0.2) is 42.5 Å². The second kappa shape index (κ2) is 4.89. The number of rotatable bonds is 2. The number of nitrogens with one attached hydrogen (secondary N) is 1. The summed E-state index contributed by atoms with van der Waals surface area (Å²) in [5.74, 6) is 0.786. The van der Waals surface area contributed by atoms with Crippen LogP contribution in [0.5, 0.6) is 0 Å². The average Bonchev–Trinajstić information content (AvgIpc) is 2.48. The van der Waals surface area contributed by atoms with Crippen molar-refractivity contribution in [1.82, 2.24) is 9.97 Å². The number of hydrogen-bond acceptors (Lipinski definition) is 3. The molecule has 3 nitrogen and oxygen atoms in total. The van der Waals surface area contributed by atoms with Gasteiger partial charge in [0.15, 0.2) is 5.82 Å². The summed E-state index contributed by atoms with van der Waals surface area (Å²) in [4.78, 5) is 8.89. The van der Waals surface area contributed by atoms with E-state index in [1.54, 1.807) is 19.2 Å². The van der Waals surface area contributed by atoms with E-state index in [1.807, 2.05) is 31.2 Å². The van der Waals surface area contributed by atoms with Gasteiger partial charge < -0.3 is 5.32 Å². The topological polar surface area (TPSA) is 37.8 Å². The highest BCUT2D eigenvalue weighted by Gasteiger charge is 2.12. The first-order valence-corrected chi connectivity index (χ1v) is 6.40. The molecule has 2 aromatic carbocycles. The fourth-order valence-corrected chi connectivity index (χ4v) is 2.20. The molecule has 0 saturated heterocycles. The third-order valence-corrected chi connectivity index (χ3v) is 3.20. The molecule has 0 bridgehead atoms. The second-order valence-corrected chi connectivity index (χ2v) is 4.65. The van der Waals surface area contributed by atoms with E-state index in [4.69, 9.17) is 0 Å². The molecule has 1 N–H and O–H groups in total. The Morgan fingerprint density at radius 2 is 1.85 bits per heavy atom. The maximum absolute atomic E-state index is 14.0. The summed E-state index contributed by atoms with van der Waals surface area (Å²) in [5.41, 5.74) is 2.19. The molecule has 0 aliphatic carbocycles. The Bertz CT molecular complexity index is 784. The third-order valence-electron chi connectivity index (χ3n) is 3.20. The Balaban J connectivity index is 2.29. The van der Waals surface area contributed by atoms with E-state index in [1.165, 1.54) is 6.07 Å². The van der Waals surface area contributed by atoms with Crippen molar-refractivity contribution in [2.45, 2.75) is 6.92 Å². The quantitative estimate of drug-likeness (QED) is 0.767. The fourth-order valence-electron chi connectivity index (χ4n) is 2.20. The van der Waals surface area contributed by atoms with Crippen molar-refractivity contribution in [3.05, 3.63) is 53.8 Å². The minimum Gasteiger partial charge on any atom is -0.373 e. The number of anilines is 1. The molecule has 4 heteroatoms. The molecule has 0 amide bonds. The minimum absolute atomic E-state index is 0.312. The highest BCUT2D eigenvalue weighted by atomic mass is 19.1. The van der Waals surface area contributed by atoms with Crippen molar-refractivity contribution >= 4 is 16.7 Å². The summed E-state index contributed by atoms with van der Waals surface area (Å²) < 4.78 is 14.0. The first-order chi connectivity index (χ1) is 9.69. The zero-order chi connectivity index (χ0) is 14.1. The van der Waals surface area contributed by atoms with Crippen LogP contribution in [0.25, 0.3) is 22.3 Å². The Hall–Kier alpha value is -2.49. The fraction of sp³-hybridized carbons (Fsp3) is 0.125. The van der Waals surface area contributed by atoms with Crippen LogP contribution in [-0.2, 0) is 0 Å². The molecule has 1 aromatic heterocycles. The highest BCUT2D eigenvalue weighted by Crippen LogP contribution is 2.26. The molecule has 0 saturated carbocycles. The van der Waals surface area contributed by atoms with Gasteiger partial charge in [0.1, 0.15) is 11.6 Å². The summed E-state index contributed by atoms with van der Waals surface area (Å²) in [7, 11) is 1.80. The summed E-state index contributed by atoms with van der Waals surface area (Å²) in [5, 5.41) is 3.96. The SMILES string of the molecule is CNc1nc(-c2cc(C)ccc2F)nc2ccccc12. The van der Waals surface area contributed by atoms with Crippen molar-refractivity contribution in [1.29, 1.82) is 0 Å². The van der Waals surface area contributed by atoms with Gasteiger partial charge in [-0.15, -0.1) is 0 Å². The van der Waals surface area contributed by atoms with E-state index in [2.05, 4.69) is 15.3 Å². The third kappa shape index (κ3) is 2.09. The van der Waals surface area contributed by atoms with E-state index >= 15 is 0 Å². The number of benzene rings is 2. The molecular formula is C16H14FN3. The lowest BCUT2D eigenvalue weighted by molar-refractivity contribution is 0.629. The first-order valence-electron chi connectivity index (χ1n) is 6.40. The van der Waals surface area contributed by atoms with Gasteiger partial charge in [-0.2, -0.15) is 0 Å². The van der Waals surface area contributed by atoms with E-state index in [9.17, 15) is 4.39 Å². The molecule has 0 aliphatic heterocycles. The van der Waals surface area contributed by atoms with Crippen molar-refractivity contribution in [2.24, 2.45) is 0 Å². The van der Waals surface area contributed by atoms with Gasteiger partial charge in [-0.1, -0.05) is 23.8 Å².